The molecule has 4 N–H and O–H groups in total. The Labute approximate surface area is 317 Å². The first-order valence-electron chi connectivity index (χ1n) is 13.6. The fourth-order valence-corrected chi connectivity index (χ4v) is 7.46. The van der Waals surface area contributed by atoms with Crippen LogP contribution >= 0.6 is 63.7 Å². The van der Waals surface area contributed by atoms with Gasteiger partial charge in [0.05, 0.1) is 17.9 Å². The second-order valence-electron chi connectivity index (χ2n) is 10.4. The van der Waals surface area contributed by atoms with Crippen LogP contribution in [0.15, 0.2) is 111 Å². The zero-order valence-electron chi connectivity index (χ0n) is 24.5. The SMILES string of the molecule is O=S(=O)(O)OC(=Cc1cc(Br)c2oc(-c3ccc(O)c(Br)c3)cc2c1)C(=Cc1cc(Br)c2oc(-c3ccc(O)c(Br)c3)cc2c1)OS(=O)(=O)O. The largest absolute Gasteiger partial charge is 0.507 e. The summed E-state index contributed by atoms with van der Waals surface area (Å²) in [5, 5.41) is 20.7. The van der Waals surface area contributed by atoms with Gasteiger partial charge in [-0.15, -0.1) is 0 Å². The summed E-state index contributed by atoms with van der Waals surface area (Å²) in [5.74, 6) is -0.723. The average molecular weight is 978 g/mol. The first-order chi connectivity index (χ1) is 23.4. The fraction of sp³-hybridized carbons (Fsp3) is 0. The van der Waals surface area contributed by atoms with Crippen LogP contribution in [0.2, 0.25) is 0 Å². The Balaban J connectivity index is 1.47. The highest BCUT2D eigenvalue weighted by Gasteiger charge is 2.23. The third-order valence-electron chi connectivity index (χ3n) is 6.88. The Hall–Kier alpha value is -3.62. The van der Waals surface area contributed by atoms with E-state index < -0.39 is 32.3 Å². The Morgan fingerprint density at radius 1 is 0.560 bits per heavy atom. The maximum absolute atomic E-state index is 12.0. The van der Waals surface area contributed by atoms with Crippen LogP contribution in [0, 0.1) is 0 Å². The predicted molar refractivity (Wildman–Crippen MR) is 199 cm³/mol. The van der Waals surface area contributed by atoms with Gasteiger partial charge in [-0.1, -0.05) is 0 Å². The van der Waals surface area contributed by atoms with Gasteiger partial charge >= 0.3 is 20.8 Å². The number of rotatable bonds is 9. The molecule has 2 heterocycles. The number of halogens is 4. The monoisotopic (exact) mass is 974 g/mol. The van der Waals surface area contributed by atoms with Crippen LogP contribution in [0.3, 0.4) is 0 Å². The molecule has 18 heteroatoms. The molecule has 50 heavy (non-hydrogen) atoms. The molecule has 0 amide bonds. The van der Waals surface area contributed by atoms with Crippen LogP contribution in [0.1, 0.15) is 11.1 Å². The van der Waals surface area contributed by atoms with E-state index in [-0.39, 0.29) is 22.6 Å². The minimum absolute atomic E-state index is 0.0325. The highest BCUT2D eigenvalue weighted by atomic mass is 79.9. The predicted octanol–water partition coefficient (Wildman–Crippen LogP) is 9.99. The summed E-state index contributed by atoms with van der Waals surface area (Å²) in [4.78, 5) is 0. The van der Waals surface area contributed by atoms with E-state index in [1.165, 1.54) is 24.3 Å². The summed E-state index contributed by atoms with van der Waals surface area (Å²) in [7, 11) is -10.5. The number of phenols is 2. The molecule has 0 aliphatic heterocycles. The van der Waals surface area contributed by atoms with Crippen LogP contribution in [-0.4, -0.2) is 36.2 Å². The number of hydrogen-bond acceptors (Lipinski definition) is 10. The standard InChI is InChI=1S/C32H18Br4O12S2/c33-21-11-17(1-3-25(21)37)27-13-19-5-15(7-23(35)31(19)45-27)9-29(47-49(39,40)41)30(48-50(42,43)44)10-16-6-20-14-28(46-32(20)24(36)8-16)18-2-4-26(38)22(34)12-18/h1-14,37-38H,(H,39,40,41)(H,42,43,44). The van der Waals surface area contributed by atoms with E-state index in [4.69, 9.17) is 17.2 Å². The maximum Gasteiger partial charge on any atom is 0.446 e. The minimum atomic E-state index is -5.27. The summed E-state index contributed by atoms with van der Waals surface area (Å²) in [5.41, 5.74) is 2.51. The van der Waals surface area contributed by atoms with E-state index in [2.05, 4.69) is 63.7 Å². The Bertz CT molecular complexity index is 2440. The van der Waals surface area contributed by atoms with Crippen LogP contribution in [0.4, 0.5) is 0 Å². The van der Waals surface area contributed by atoms with E-state index in [0.29, 0.717) is 62.5 Å². The quantitative estimate of drug-likeness (QED) is 0.0610. The zero-order valence-corrected chi connectivity index (χ0v) is 32.4. The molecule has 0 saturated heterocycles. The summed E-state index contributed by atoms with van der Waals surface area (Å²) < 4.78 is 90.4. The number of furan rings is 2. The molecule has 0 unspecified atom stereocenters. The van der Waals surface area contributed by atoms with Crippen molar-refractivity contribution in [3.8, 4) is 34.1 Å². The van der Waals surface area contributed by atoms with E-state index >= 15 is 0 Å². The van der Waals surface area contributed by atoms with Crippen LogP contribution < -0.4 is 0 Å². The second-order valence-corrected chi connectivity index (χ2v) is 15.9. The fourth-order valence-electron chi connectivity index (χ4n) is 4.84. The van der Waals surface area contributed by atoms with Gasteiger partial charge in [0.15, 0.2) is 11.5 Å². The Morgan fingerprint density at radius 3 is 1.28 bits per heavy atom. The van der Waals surface area contributed by atoms with Crippen molar-refractivity contribution in [2.24, 2.45) is 0 Å². The molecule has 0 radical (unpaired) electrons. The normalized spacial score (nSPS) is 12.9. The molecule has 0 bridgehead atoms. The molecule has 0 atom stereocenters. The second kappa shape index (κ2) is 13.8. The average Bonchev–Trinajstić information content (AvgIpc) is 3.64. The van der Waals surface area contributed by atoms with Gasteiger partial charge in [0.25, 0.3) is 0 Å². The number of hydrogen-bond donors (Lipinski definition) is 4. The molecule has 0 aliphatic carbocycles. The van der Waals surface area contributed by atoms with Crippen molar-refractivity contribution in [3.63, 3.8) is 0 Å². The molecule has 2 aromatic heterocycles. The van der Waals surface area contributed by atoms with Gasteiger partial charge in [-0.3, -0.25) is 9.11 Å². The van der Waals surface area contributed by atoms with Gasteiger partial charge in [-0.25, -0.2) is 0 Å². The van der Waals surface area contributed by atoms with Crippen molar-refractivity contribution in [3.05, 3.63) is 113 Å². The van der Waals surface area contributed by atoms with E-state index in [1.807, 2.05) is 0 Å². The van der Waals surface area contributed by atoms with E-state index in [0.717, 1.165) is 12.2 Å². The molecule has 6 rings (SSSR count). The van der Waals surface area contributed by atoms with Crippen molar-refractivity contribution in [2.75, 3.05) is 0 Å². The summed E-state index contributed by atoms with van der Waals surface area (Å²) in [6.45, 7) is 0. The lowest BCUT2D eigenvalue weighted by Crippen LogP contribution is -2.11. The first-order valence-corrected chi connectivity index (χ1v) is 19.5. The van der Waals surface area contributed by atoms with Crippen molar-refractivity contribution in [1.29, 1.82) is 0 Å². The molecule has 0 aliphatic rings. The molecule has 0 spiro atoms. The molecule has 12 nitrogen and oxygen atoms in total. The van der Waals surface area contributed by atoms with E-state index in [9.17, 15) is 36.2 Å². The summed E-state index contributed by atoms with van der Waals surface area (Å²) in [6.07, 6.45) is 2.12. The Kier molecular flexibility index (Phi) is 10.0. The van der Waals surface area contributed by atoms with Gasteiger partial charge < -0.3 is 27.4 Å². The lowest BCUT2D eigenvalue weighted by atomic mass is 10.1. The highest BCUT2D eigenvalue weighted by molar-refractivity contribution is 9.11. The third-order valence-corrected chi connectivity index (χ3v) is 10.1. The lowest BCUT2D eigenvalue weighted by Gasteiger charge is -2.12. The van der Waals surface area contributed by atoms with Gasteiger partial charge in [0.1, 0.15) is 34.2 Å². The van der Waals surface area contributed by atoms with Crippen LogP contribution in [0.5, 0.6) is 11.5 Å². The lowest BCUT2D eigenvalue weighted by molar-refractivity contribution is 0.289. The molecule has 258 valence electrons. The van der Waals surface area contributed by atoms with Gasteiger partial charge in [-0.2, -0.15) is 16.8 Å². The third kappa shape index (κ3) is 8.29. The molecular formula is C32H18Br4O12S2. The maximum atomic E-state index is 12.0. The Morgan fingerprint density at radius 2 is 0.940 bits per heavy atom. The van der Waals surface area contributed by atoms with Crippen molar-refractivity contribution in [2.45, 2.75) is 0 Å². The minimum Gasteiger partial charge on any atom is -0.507 e. The summed E-state index contributed by atoms with van der Waals surface area (Å²) in [6, 6.07) is 19.0. The molecule has 0 saturated carbocycles. The topological polar surface area (TPSA) is 194 Å². The molecule has 4 aromatic carbocycles. The summed E-state index contributed by atoms with van der Waals surface area (Å²) >= 11 is 13.4. The van der Waals surface area contributed by atoms with Gasteiger partial charge in [0.2, 0.25) is 0 Å². The molecular weight excluding hydrogens is 960 g/mol. The number of aromatic hydroxyl groups is 2. The zero-order chi connectivity index (χ0) is 36.1. The molecule has 6 aromatic rings. The first kappa shape index (κ1) is 36.2. The van der Waals surface area contributed by atoms with Crippen molar-refractivity contribution in [1.82, 2.24) is 0 Å². The number of fused-ring (bicyclic) bond motifs is 2. The highest BCUT2D eigenvalue weighted by Crippen LogP contribution is 2.39. The van der Waals surface area contributed by atoms with Crippen LogP contribution in [-0.2, 0) is 29.2 Å². The van der Waals surface area contributed by atoms with Crippen LogP contribution in [0.25, 0.3) is 56.7 Å². The van der Waals surface area contributed by atoms with E-state index in [1.54, 1.807) is 48.5 Å². The smallest absolute Gasteiger partial charge is 0.446 e. The van der Waals surface area contributed by atoms with Crippen molar-refractivity contribution < 1.29 is 53.4 Å². The van der Waals surface area contributed by atoms with Gasteiger partial charge in [0, 0.05) is 21.9 Å². The van der Waals surface area contributed by atoms with Crippen molar-refractivity contribution >= 4 is 119 Å². The molecule has 0 fully saturated rings. The number of benzene rings is 4. The number of phenolic OH excluding ortho intramolecular Hbond substituents is 2. The van der Waals surface area contributed by atoms with Gasteiger partial charge in [-0.05, 0) is 160 Å².